The Morgan fingerprint density at radius 2 is 2.16 bits per heavy atom. The molecule has 0 aromatic heterocycles. The van der Waals surface area contributed by atoms with Crippen LogP contribution in [0.5, 0.6) is 0 Å². The van der Waals surface area contributed by atoms with Crippen molar-refractivity contribution in [2.75, 3.05) is 0 Å². The fourth-order valence-corrected chi connectivity index (χ4v) is 7.11. The van der Waals surface area contributed by atoms with Gasteiger partial charge in [0.1, 0.15) is 5.60 Å². The molecule has 134 valence electrons. The van der Waals surface area contributed by atoms with Gasteiger partial charge in [0.2, 0.25) is 0 Å². The number of fused-ring (bicyclic) bond motifs is 5. The molecule has 3 fully saturated rings. The summed E-state index contributed by atoms with van der Waals surface area (Å²) >= 11 is 5.72. The minimum absolute atomic E-state index is 0.209. The molecule has 0 aliphatic heterocycles. The molecule has 4 rings (SSSR count). The zero-order valence-electron chi connectivity index (χ0n) is 15.0. The third-order valence-corrected chi connectivity index (χ3v) is 8.05. The second-order valence-corrected chi connectivity index (χ2v) is 8.82. The molecule has 0 spiro atoms. The molecule has 0 aromatic carbocycles. The topological polar surface area (TPSA) is 37.3 Å². The molecular formula is C22H27ClO2. The van der Waals surface area contributed by atoms with Crippen molar-refractivity contribution in [3.05, 3.63) is 23.8 Å². The maximum absolute atomic E-state index is 11.8. The fraction of sp³-hybridized carbons (Fsp3) is 0.682. The minimum atomic E-state index is -0.985. The summed E-state index contributed by atoms with van der Waals surface area (Å²) in [5, 5.41) is 13.8. The maximum atomic E-state index is 11.8. The molecule has 0 saturated heterocycles. The van der Waals surface area contributed by atoms with Crippen LogP contribution in [0.3, 0.4) is 0 Å². The number of hydrogen-bond acceptors (Lipinski definition) is 2. The van der Waals surface area contributed by atoms with Gasteiger partial charge in [0.05, 0.1) is 0 Å². The van der Waals surface area contributed by atoms with Gasteiger partial charge in [0.15, 0.2) is 5.78 Å². The highest BCUT2D eigenvalue weighted by molar-refractivity contribution is 6.30. The van der Waals surface area contributed by atoms with E-state index in [1.807, 2.05) is 6.08 Å². The Balaban J connectivity index is 1.74. The fourth-order valence-electron chi connectivity index (χ4n) is 6.95. The normalized spacial score (nSPS) is 45.6. The van der Waals surface area contributed by atoms with Gasteiger partial charge in [-0.05, 0) is 86.3 Å². The summed E-state index contributed by atoms with van der Waals surface area (Å²) in [6, 6.07) is 0. The zero-order chi connectivity index (χ0) is 17.8. The molecule has 1 N–H and O–H groups in total. The maximum Gasteiger partial charge on any atom is 0.155 e. The molecule has 0 amide bonds. The van der Waals surface area contributed by atoms with Crippen LogP contribution >= 0.6 is 11.6 Å². The standard InChI is InChI=1S/C22H27ClO2/c1-3-21-13-14(2)20-17-7-5-16(24)12-15(17)4-6-18(20)19(21)8-9-22(21,25)10-11-23/h12,17-20,25H,2-9,13H2,1H3/t17-,18-,19-,20+,21-,22+/m0/s1. The van der Waals surface area contributed by atoms with Crippen molar-refractivity contribution in [2.24, 2.45) is 29.1 Å². The number of halogens is 1. The molecule has 4 aliphatic rings. The molecule has 0 radical (unpaired) electrons. The average molecular weight is 359 g/mol. The van der Waals surface area contributed by atoms with Crippen LogP contribution in [0.2, 0.25) is 0 Å². The van der Waals surface area contributed by atoms with Gasteiger partial charge in [-0.2, -0.15) is 0 Å². The molecular weight excluding hydrogens is 332 g/mol. The Hall–Kier alpha value is -1.04. The number of rotatable bonds is 1. The van der Waals surface area contributed by atoms with E-state index in [0.29, 0.717) is 42.3 Å². The van der Waals surface area contributed by atoms with E-state index in [-0.39, 0.29) is 5.41 Å². The van der Waals surface area contributed by atoms with Gasteiger partial charge in [0, 0.05) is 17.2 Å². The van der Waals surface area contributed by atoms with Crippen molar-refractivity contribution in [3.8, 4) is 11.3 Å². The third-order valence-electron chi connectivity index (χ3n) is 7.95. The zero-order valence-corrected chi connectivity index (χ0v) is 15.7. The summed E-state index contributed by atoms with van der Waals surface area (Å²) in [4.78, 5) is 11.8. The predicted octanol–water partition coefficient (Wildman–Crippen LogP) is 4.62. The van der Waals surface area contributed by atoms with Crippen molar-refractivity contribution < 1.29 is 9.90 Å². The summed E-state index contributed by atoms with van der Waals surface area (Å²) in [7, 11) is 0. The van der Waals surface area contributed by atoms with Gasteiger partial charge in [-0.25, -0.2) is 0 Å². The molecule has 3 saturated carbocycles. The van der Waals surface area contributed by atoms with Crippen LogP contribution in [0.4, 0.5) is 0 Å². The highest BCUT2D eigenvalue weighted by Crippen LogP contribution is 2.67. The molecule has 4 aliphatic carbocycles. The molecule has 0 aromatic rings. The summed E-state index contributed by atoms with van der Waals surface area (Å²) in [5.41, 5.74) is 1.43. The second kappa shape index (κ2) is 6.00. The number of carbonyl (C=O) groups is 1. The summed E-state index contributed by atoms with van der Waals surface area (Å²) < 4.78 is 0. The van der Waals surface area contributed by atoms with Gasteiger partial charge in [-0.1, -0.05) is 30.6 Å². The number of aliphatic hydroxyl groups is 1. The van der Waals surface area contributed by atoms with Crippen molar-refractivity contribution in [3.63, 3.8) is 0 Å². The second-order valence-electron chi connectivity index (χ2n) is 8.63. The van der Waals surface area contributed by atoms with E-state index in [0.717, 1.165) is 38.5 Å². The number of carbonyl (C=O) groups excluding carboxylic acids is 1. The SMILES string of the molecule is C=C1C[C@@]2(CC)[C@@H](CC[C@@]2(O)C#CCl)[C@@H]2CCC3=CC(=O)CC[C@@H]3[C@@H]12. The molecule has 0 bridgehead atoms. The van der Waals surface area contributed by atoms with Gasteiger partial charge < -0.3 is 5.11 Å². The first kappa shape index (κ1) is 17.4. The minimum Gasteiger partial charge on any atom is -0.377 e. The molecule has 0 heterocycles. The molecule has 2 nitrogen and oxygen atoms in total. The third kappa shape index (κ3) is 2.32. The van der Waals surface area contributed by atoms with Gasteiger partial charge in [-0.3, -0.25) is 4.79 Å². The Bertz CT molecular complexity index is 711. The summed E-state index contributed by atoms with van der Waals surface area (Å²) in [6.45, 7) is 6.66. The first-order chi connectivity index (χ1) is 12.0. The Morgan fingerprint density at radius 3 is 2.88 bits per heavy atom. The van der Waals surface area contributed by atoms with Crippen LogP contribution < -0.4 is 0 Å². The number of hydrogen-bond donors (Lipinski definition) is 1. The van der Waals surface area contributed by atoms with E-state index < -0.39 is 5.60 Å². The van der Waals surface area contributed by atoms with Gasteiger partial charge in [-0.15, -0.1) is 0 Å². The number of allylic oxidation sites excluding steroid dienone is 2. The van der Waals surface area contributed by atoms with Crippen molar-refractivity contribution in [1.82, 2.24) is 0 Å². The van der Waals surface area contributed by atoms with Crippen LogP contribution in [0.25, 0.3) is 0 Å². The van der Waals surface area contributed by atoms with E-state index in [1.54, 1.807) is 0 Å². The summed E-state index contributed by atoms with van der Waals surface area (Å²) in [5.74, 6) is 5.26. The van der Waals surface area contributed by atoms with E-state index in [2.05, 4.69) is 24.8 Å². The van der Waals surface area contributed by atoms with Crippen LogP contribution in [-0.4, -0.2) is 16.5 Å². The monoisotopic (exact) mass is 358 g/mol. The van der Waals surface area contributed by atoms with Crippen LogP contribution in [0.1, 0.15) is 58.3 Å². The van der Waals surface area contributed by atoms with E-state index in [4.69, 9.17) is 11.6 Å². The lowest BCUT2D eigenvalue weighted by Gasteiger charge is -2.56. The van der Waals surface area contributed by atoms with E-state index in [9.17, 15) is 9.90 Å². The largest absolute Gasteiger partial charge is 0.377 e. The lowest BCUT2D eigenvalue weighted by Crippen LogP contribution is -2.54. The molecule has 0 unspecified atom stereocenters. The average Bonchev–Trinajstić information content (AvgIpc) is 2.87. The lowest BCUT2D eigenvalue weighted by molar-refractivity contribution is -0.116. The lowest BCUT2D eigenvalue weighted by atomic mass is 9.48. The van der Waals surface area contributed by atoms with Gasteiger partial charge >= 0.3 is 0 Å². The van der Waals surface area contributed by atoms with Crippen molar-refractivity contribution in [1.29, 1.82) is 0 Å². The molecule has 25 heavy (non-hydrogen) atoms. The van der Waals surface area contributed by atoms with E-state index in [1.165, 1.54) is 11.1 Å². The quantitative estimate of drug-likeness (QED) is 0.548. The first-order valence-electron chi connectivity index (χ1n) is 9.72. The Labute approximate surface area is 155 Å². The first-order valence-corrected chi connectivity index (χ1v) is 10.1. The van der Waals surface area contributed by atoms with Crippen molar-refractivity contribution >= 4 is 17.4 Å². The molecule has 6 atom stereocenters. The van der Waals surface area contributed by atoms with Crippen LogP contribution in [-0.2, 0) is 4.79 Å². The Kier molecular flexibility index (Phi) is 4.17. The van der Waals surface area contributed by atoms with Crippen LogP contribution in [0, 0.1) is 40.4 Å². The van der Waals surface area contributed by atoms with Crippen LogP contribution in [0.15, 0.2) is 23.8 Å². The van der Waals surface area contributed by atoms with Crippen molar-refractivity contribution in [2.45, 2.75) is 63.9 Å². The Morgan fingerprint density at radius 1 is 1.36 bits per heavy atom. The summed E-state index contributed by atoms with van der Waals surface area (Å²) in [6.07, 6.45) is 9.20. The number of ketones is 1. The highest BCUT2D eigenvalue weighted by Gasteiger charge is 2.64. The predicted molar refractivity (Wildman–Crippen MR) is 99.8 cm³/mol. The smallest absolute Gasteiger partial charge is 0.155 e. The van der Waals surface area contributed by atoms with Gasteiger partial charge in [0.25, 0.3) is 0 Å². The van der Waals surface area contributed by atoms with E-state index >= 15 is 0 Å². The highest BCUT2D eigenvalue weighted by atomic mass is 35.5. The molecule has 3 heteroatoms.